The van der Waals surface area contributed by atoms with E-state index in [2.05, 4.69) is 16.4 Å². The van der Waals surface area contributed by atoms with Crippen molar-refractivity contribution in [2.24, 2.45) is 11.8 Å². The van der Waals surface area contributed by atoms with Crippen LogP contribution in [0.3, 0.4) is 0 Å². The highest BCUT2D eigenvalue weighted by Crippen LogP contribution is 2.46. The largest absolute Gasteiger partial charge is 0.357 e. The number of carbonyl (C=O) groups is 2. The maximum absolute atomic E-state index is 12.4. The van der Waals surface area contributed by atoms with Gasteiger partial charge in [-0.1, -0.05) is 6.07 Å². The first kappa shape index (κ1) is 14.5. The van der Waals surface area contributed by atoms with Crippen molar-refractivity contribution in [3.8, 4) is 0 Å². The van der Waals surface area contributed by atoms with E-state index in [0.717, 1.165) is 12.8 Å². The molecule has 0 spiro atoms. The number of amides is 2. The molecule has 6 heteroatoms. The van der Waals surface area contributed by atoms with Crippen LogP contribution >= 0.6 is 11.3 Å². The van der Waals surface area contributed by atoms with Gasteiger partial charge >= 0.3 is 0 Å². The van der Waals surface area contributed by atoms with Gasteiger partial charge in [-0.3, -0.25) is 9.59 Å². The van der Waals surface area contributed by atoms with Crippen molar-refractivity contribution in [1.29, 1.82) is 0 Å². The van der Waals surface area contributed by atoms with E-state index in [9.17, 15) is 9.59 Å². The number of thiophene rings is 1. The van der Waals surface area contributed by atoms with Gasteiger partial charge in [0.2, 0.25) is 5.91 Å². The number of nitrogens with one attached hydrogen (secondary N) is 2. The molecule has 5 nitrogen and oxygen atoms in total. The summed E-state index contributed by atoms with van der Waals surface area (Å²) in [6, 6.07) is 7.78. The first-order valence-corrected chi connectivity index (χ1v) is 8.86. The van der Waals surface area contributed by atoms with Gasteiger partial charge in [0, 0.05) is 30.2 Å². The third kappa shape index (κ3) is 2.57. The van der Waals surface area contributed by atoms with Gasteiger partial charge in [0.1, 0.15) is 5.69 Å². The van der Waals surface area contributed by atoms with Crippen molar-refractivity contribution in [1.82, 2.24) is 15.2 Å². The first-order chi connectivity index (χ1) is 11.2. The number of fused-ring (bicyclic) bond motifs is 1. The van der Waals surface area contributed by atoms with Gasteiger partial charge in [-0.05, 0) is 42.3 Å². The van der Waals surface area contributed by atoms with Crippen molar-refractivity contribution >= 4 is 23.2 Å². The fraction of sp³-hybridized carbons (Fsp3) is 0.412. The summed E-state index contributed by atoms with van der Waals surface area (Å²) in [7, 11) is 0. The first-order valence-electron chi connectivity index (χ1n) is 7.98. The smallest absolute Gasteiger partial charge is 0.270 e. The summed E-state index contributed by atoms with van der Waals surface area (Å²) in [5.74, 6) is 0.402. The Morgan fingerprint density at radius 1 is 1.35 bits per heavy atom. The van der Waals surface area contributed by atoms with E-state index in [0.29, 0.717) is 24.7 Å². The zero-order valence-electron chi connectivity index (χ0n) is 12.7. The van der Waals surface area contributed by atoms with Crippen LogP contribution in [0.15, 0.2) is 35.8 Å². The molecule has 2 aromatic heterocycles. The predicted octanol–water partition coefficient (Wildman–Crippen LogP) is 1.90. The molecule has 2 bridgehead atoms. The maximum atomic E-state index is 12.4. The molecule has 0 aromatic carbocycles. The van der Waals surface area contributed by atoms with Gasteiger partial charge in [0.05, 0.1) is 5.92 Å². The molecule has 1 saturated carbocycles. The summed E-state index contributed by atoms with van der Waals surface area (Å²) in [4.78, 5) is 31.0. The Balaban J connectivity index is 1.33. The molecule has 0 radical (unpaired) electrons. The molecular formula is C17H19N3O2S. The lowest BCUT2D eigenvalue weighted by Crippen LogP contribution is -2.49. The van der Waals surface area contributed by atoms with Crippen LogP contribution in [0.25, 0.3) is 0 Å². The number of H-pyrrole nitrogens is 1. The second-order valence-electron chi connectivity index (χ2n) is 6.25. The highest BCUT2D eigenvalue weighted by Gasteiger charge is 2.56. The van der Waals surface area contributed by atoms with Crippen molar-refractivity contribution in [3.05, 3.63) is 46.4 Å². The summed E-state index contributed by atoms with van der Waals surface area (Å²) in [6.07, 6.45) is 3.58. The van der Waals surface area contributed by atoms with Crippen LogP contribution in [0.1, 0.15) is 21.8 Å². The van der Waals surface area contributed by atoms with Crippen LogP contribution in [0.5, 0.6) is 0 Å². The number of aromatic nitrogens is 1. The monoisotopic (exact) mass is 329 g/mol. The van der Waals surface area contributed by atoms with Gasteiger partial charge < -0.3 is 15.2 Å². The SMILES string of the molecule is O=C(NCCc1cccs1)C1C2CC1N(C(=O)c1ccc[nH]1)C2. The van der Waals surface area contributed by atoms with Gasteiger partial charge in [-0.2, -0.15) is 0 Å². The van der Waals surface area contributed by atoms with Crippen LogP contribution < -0.4 is 5.32 Å². The predicted molar refractivity (Wildman–Crippen MR) is 88.2 cm³/mol. The molecule has 2 N–H and O–H groups in total. The highest BCUT2D eigenvalue weighted by atomic mass is 32.1. The zero-order chi connectivity index (χ0) is 15.8. The molecule has 2 amide bonds. The maximum Gasteiger partial charge on any atom is 0.270 e. The van der Waals surface area contributed by atoms with Crippen molar-refractivity contribution in [3.63, 3.8) is 0 Å². The van der Waals surface area contributed by atoms with E-state index in [1.807, 2.05) is 22.4 Å². The Morgan fingerprint density at radius 2 is 2.26 bits per heavy atom. The molecule has 3 unspecified atom stereocenters. The molecule has 23 heavy (non-hydrogen) atoms. The van der Waals surface area contributed by atoms with E-state index >= 15 is 0 Å². The lowest BCUT2D eigenvalue weighted by atomic mass is 9.73. The Hall–Kier alpha value is -2.08. The number of carbonyl (C=O) groups excluding carboxylic acids is 2. The van der Waals surface area contributed by atoms with E-state index < -0.39 is 0 Å². The second-order valence-corrected chi connectivity index (χ2v) is 7.28. The summed E-state index contributed by atoms with van der Waals surface area (Å²) >= 11 is 1.71. The van der Waals surface area contributed by atoms with Crippen LogP contribution in [0.4, 0.5) is 0 Å². The van der Waals surface area contributed by atoms with Crippen LogP contribution in [0, 0.1) is 11.8 Å². The average Bonchev–Trinajstić information content (AvgIpc) is 3.28. The van der Waals surface area contributed by atoms with E-state index in [1.165, 1.54) is 4.88 Å². The van der Waals surface area contributed by atoms with Crippen molar-refractivity contribution < 1.29 is 9.59 Å². The van der Waals surface area contributed by atoms with Crippen molar-refractivity contribution in [2.75, 3.05) is 13.1 Å². The lowest BCUT2D eigenvalue weighted by Gasteiger charge is -2.35. The third-order valence-corrected chi connectivity index (χ3v) is 5.88. The molecule has 2 saturated heterocycles. The normalized spacial score (nSPS) is 25.2. The molecule has 4 heterocycles. The van der Waals surface area contributed by atoms with Gasteiger partial charge in [0.15, 0.2) is 0 Å². The number of nitrogens with zero attached hydrogens (tertiary/aromatic N) is 1. The summed E-state index contributed by atoms with van der Waals surface area (Å²) in [5, 5.41) is 5.09. The van der Waals surface area contributed by atoms with Crippen LogP contribution in [-0.4, -0.2) is 40.8 Å². The molecule has 3 fully saturated rings. The Morgan fingerprint density at radius 3 is 3.00 bits per heavy atom. The molecule has 3 aliphatic rings. The van der Waals surface area contributed by atoms with E-state index in [-0.39, 0.29) is 23.8 Å². The molecular weight excluding hydrogens is 310 g/mol. The fourth-order valence-electron chi connectivity index (χ4n) is 3.74. The summed E-state index contributed by atoms with van der Waals surface area (Å²) in [5.41, 5.74) is 0.606. The average molecular weight is 329 g/mol. The minimum atomic E-state index is -0.0303. The minimum Gasteiger partial charge on any atom is -0.357 e. The van der Waals surface area contributed by atoms with Crippen LogP contribution in [-0.2, 0) is 11.2 Å². The van der Waals surface area contributed by atoms with Gasteiger partial charge in [0.25, 0.3) is 5.91 Å². The van der Waals surface area contributed by atoms with Crippen LogP contribution in [0.2, 0.25) is 0 Å². The molecule has 120 valence electrons. The minimum absolute atomic E-state index is 0.0105. The number of aromatic amines is 1. The number of hydrogen-bond donors (Lipinski definition) is 2. The third-order valence-electron chi connectivity index (χ3n) is 4.94. The van der Waals surface area contributed by atoms with E-state index in [4.69, 9.17) is 0 Å². The molecule has 3 atom stereocenters. The van der Waals surface area contributed by atoms with Gasteiger partial charge in [-0.15, -0.1) is 11.3 Å². The zero-order valence-corrected chi connectivity index (χ0v) is 13.5. The fourth-order valence-corrected chi connectivity index (χ4v) is 4.45. The van der Waals surface area contributed by atoms with E-state index in [1.54, 1.807) is 23.6 Å². The standard InChI is InChI=1S/C17H19N3O2S/c21-16(19-7-5-12-3-2-8-23-12)15-11-9-14(15)20(10-11)17(22)13-4-1-6-18-13/h1-4,6,8,11,14-15,18H,5,7,9-10H2,(H,19,21). The highest BCUT2D eigenvalue weighted by molar-refractivity contribution is 7.09. The Labute approximate surface area is 138 Å². The Kier molecular flexibility index (Phi) is 3.69. The second kappa shape index (κ2) is 5.85. The number of hydrogen-bond acceptors (Lipinski definition) is 3. The lowest BCUT2D eigenvalue weighted by molar-refractivity contribution is -0.129. The molecule has 2 aliphatic heterocycles. The topological polar surface area (TPSA) is 65.2 Å². The van der Waals surface area contributed by atoms with Crippen molar-refractivity contribution in [2.45, 2.75) is 18.9 Å². The molecule has 5 rings (SSSR count). The molecule has 2 aromatic rings. The summed E-state index contributed by atoms with van der Waals surface area (Å²) in [6.45, 7) is 1.37. The number of rotatable bonds is 5. The Bertz CT molecular complexity index is 696. The quantitative estimate of drug-likeness (QED) is 0.880. The summed E-state index contributed by atoms with van der Waals surface area (Å²) < 4.78 is 0. The molecule has 1 aliphatic carbocycles. The van der Waals surface area contributed by atoms with Gasteiger partial charge in [-0.25, -0.2) is 0 Å².